The quantitative estimate of drug-likeness (QED) is 0.343. The zero-order valence-electron chi connectivity index (χ0n) is 9.56. The first-order valence-electron chi connectivity index (χ1n) is 4.88. The van der Waals surface area contributed by atoms with Crippen LogP contribution in [0.3, 0.4) is 0 Å². The molecule has 0 fully saturated rings. The molecule has 1 atom stereocenters. The summed E-state index contributed by atoms with van der Waals surface area (Å²) in [7, 11) is 0. The van der Waals surface area contributed by atoms with Crippen molar-refractivity contribution < 1.29 is 18.5 Å². The molecule has 10 heteroatoms. The molecule has 0 bridgehead atoms. The summed E-state index contributed by atoms with van der Waals surface area (Å²) < 4.78 is 15.5. The lowest BCUT2D eigenvalue weighted by atomic mass is 10.3. The van der Waals surface area contributed by atoms with Crippen LogP contribution in [0.5, 0.6) is 5.75 Å². The number of amides is 1. The molecule has 5 nitrogen and oxygen atoms in total. The molecule has 0 saturated carbocycles. The van der Waals surface area contributed by atoms with Crippen molar-refractivity contribution in [2.24, 2.45) is 0 Å². The number of hydrogen-bond donors (Lipinski definition) is 1. The van der Waals surface area contributed by atoms with E-state index < -0.39 is 6.72 Å². The van der Waals surface area contributed by atoms with E-state index in [2.05, 4.69) is 0 Å². The second-order valence-electron chi connectivity index (χ2n) is 2.98. The number of carbonyl (C=O) groups is 1. The Kier molecular flexibility index (Phi) is 6.83. The van der Waals surface area contributed by atoms with E-state index in [4.69, 9.17) is 60.3 Å². The van der Waals surface area contributed by atoms with Crippen LogP contribution in [0.4, 0.5) is 0 Å². The fourth-order valence-electron chi connectivity index (χ4n) is 1.03. The lowest BCUT2D eigenvalue weighted by molar-refractivity contribution is -0.115. The van der Waals surface area contributed by atoms with Gasteiger partial charge in [-0.1, -0.05) is 34.8 Å². The van der Waals surface area contributed by atoms with E-state index in [0.29, 0.717) is 6.41 Å². The molecule has 1 aromatic carbocycles. The van der Waals surface area contributed by atoms with Crippen molar-refractivity contribution in [3.8, 4) is 5.75 Å². The minimum absolute atomic E-state index is 0.200. The third kappa shape index (κ3) is 5.08. The fraction of sp³-hybridized carbons (Fsp3) is 0.222. The summed E-state index contributed by atoms with van der Waals surface area (Å²) in [5.41, 5.74) is 1.96. The first-order valence-corrected chi connectivity index (χ1v) is 8.57. The van der Waals surface area contributed by atoms with Gasteiger partial charge in [-0.3, -0.25) is 9.32 Å². The smallest absolute Gasteiger partial charge is 0.402 e. The van der Waals surface area contributed by atoms with Crippen LogP contribution < -0.4 is 10.0 Å². The third-order valence-electron chi connectivity index (χ3n) is 1.67. The van der Waals surface area contributed by atoms with Crippen LogP contribution in [-0.2, 0) is 25.7 Å². The van der Waals surface area contributed by atoms with Crippen LogP contribution in [0.25, 0.3) is 0 Å². The van der Waals surface area contributed by atoms with Gasteiger partial charge >= 0.3 is 6.72 Å². The molecule has 1 unspecified atom stereocenters. The summed E-state index contributed by atoms with van der Waals surface area (Å²) in [6, 6.07) is 2.83. The lowest BCUT2D eigenvalue weighted by Gasteiger charge is -2.20. The van der Waals surface area contributed by atoms with Crippen molar-refractivity contribution in [1.29, 1.82) is 0 Å². The first-order chi connectivity index (χ1) is 8.91. The molecular weight excluding hydrogens is 356 g/mol. The molecule has 1 amide bonds. The number of hydrogen-bond acceptors (Lipinski definition) is 5. The first kappa shape index (κ1) is 17.0. The predicted octanol–water partition coefficient (Wildman–Crippen LogP) is 3.96. The van der Waals surface area contributed by atoms with Gasteiger partial charge in [0.2, 0.25) is 6.41 Å². The summed E-state index contributed by atoms with van der Waals surface area (Å²) in [5.74, 6) is 0.226. The summed E-state index contributed by atoms with van der Waals surface area (Å²) in [6.07, 6.45) is 0.311. The summed E-state index contributed by atoms with van der Waals surface area (Å²) in [4.78, 5) is 10.2. The maximum absolute atomic E-state index is 10.2. The van der Waals surface area contributed by atoms with E-state index in [1.54, 1.807) is 6.92 Å². The van der Waals surface area contributed by atoms with E-state index in [-0.39, 0.29) is 27.4 Å². The van der Waals surface area contributed by atoms with Crippen LogP contribution in [0, 0.1) is 0 Å². The molecule has 19 heavy (non-hydrogen) atoms. The number of nitrogens with one attached hydrogen (secondary N) is 1. The van der Waals surface area contributed by atoms with Gasteiger partial charge in [-0.15, -0.1) is 0 Å². The molecule has 106 valence electrons. The van der Waals surface area contributed by atoms with Gasteiger partial charge in [0.1, 0.15) is 5.75 Å². The maximum Gasteiger partial charge on any atom is 0.402 e. The Morgan fingerprint density at radius 2 is 1.95 bits per heavy atom. The zero-order chi connectivity index (χ0) is 14.5. The van der Waals surface area contributed by atoms with Crippen LogP contribution in [0.15, 0.2) is 12.1 Å². The largest absolute Gasteiger partial charge is 0.423 e. The summed E-state index contributed by atoms with van der Waals surface area (Å²) >= 11 is 22.6. The normalized spacial score (nSPS) is 13.7. The molecule has 0 heterocycles. The molecule has 1 N–H and O–H groups in total. The van der Waals surface area contributed by atoms with E-state index in [0.717, 1.165) is 0 Å². The number of benzene rings is 1. The molecule has 0 aliphatic heterocycles. The monoisotopic (exact) mass is 363 g/mol. The second-order valence-corrected chi connectivity index (χ2v) is 7.04. The van der Waals surface area contributed by atoms with Gasteiger partial charge in [0.05, 0.1) is 21.7 Å². The highest BCUT2D eigenvalue weighted by Crippen LogP contribution is 2.50. The van der Waals surface area contributed by atoms with Crippen molar-refractivity contribution >= 4 is 59.7 Å². The highest BCUT2D eigenvalue weighted by Gasteiger charge is 2.23. The highest BCUT2D eigenvalue weighted by molar-refractivity contribution is 8.07. The van der Waals surface area contributed by atoms with Crippen LogP contribution in [0.2, 0.25) is 15.1 Å². The van der Waals surface area contributed by atoms with Crippen molar-refractivity contribution in [3.63, 3.8) is 0 Å². The maximum atomic E-state index is 10.2. The number of carbonyl (C=O) groups excluding carboxylic acids is 1. The van der Waals surface area contributed by atoms with Gasteiger partial charge < -0.3 is 4.52 Å². The Hall–Kier alpha value is -0.0700. The molecule has 1 rings (SSSR count). The Balaban J connectivity index is 2.96. The molecule has 0 aliphatic carbocycles. The van der Waals surface area contributed by atoms with Crippen LogP contribution in [-0.4, -0.2) is 13.0 Å². The molecule has 0 aromatic heterocycles. The summed E-state index contributed by atoms with van der Waals surface area (Å²) in [5, 5.41) is 0.600. The van der Waals surface area contributed by atoms with Gasteiger partial charge in [-0.25, -0.2) is 5.48 Å². The minimum atomic E-state index is -3.18. The van der Waals surface area contributed by atoms with Crippen LogP contribution in [0.1, 0.15) is 6.92 Å². The van der Waals surface area contributed by atoms with E-state index in [9.17, 15) is 4.79 Å². The number of halogens is 3. The average Bonchev–Trinajstić information content (AvgIpc) is 2.34. The standard InChI is InChI=1S/C9H9Cl3NO4PS/c1-2-15-18(19,17-13-5-14)16-6-3-7(10)9(12)8(11)4-6/h3-5H,2H2,1H3,(H,13,14). The van der Waals surface area contributed by atoms with Gasteiger partial charge in [0, 0.05) is 23.9 Å². The molecule has 0 saturated heterocycles. The molecule has 1 aromatic rings. The molecular formula is C9H9Cl3NO4PS. The van der Waals surface area contributed by atoms with Crippen molar-refractivity contribution in [3.05, 3.63) is 27.2 Å². The Morgan fingerprint density at radius 1 is 1.37 bits per heavy atom. The van der Waals surface area contributed by atoms with E-state index >= 15 is 0 Å². The SMILES string of the molecule is CCOP(=S)(ONC=O)Oc1cc(Cl)c(Cl)c(Cl)c1. The van der Waals surface area contributed by atoms with Gasteiger partial charge in [0.15, 0.2) is 0 Å². The molecule has 0 spiro atoms. The van der Waals surface area contributed by atoms with E-state index in [1.807, 2.05) is 5.48 Å². The Labute approximate surface area is 130 Å². The van der Waals surface area contributed by atoms with Crippen LogP contribution >= 0.6 is 41.5 Å². The Bertz CT molecular complexity index is 493. The predicted molar refractivity (Wildman–Crippen MR) is 78.3 cm³/mol. The number of rotatable bonds is 7. The second kappa shape index (κ2) is 7.64. The van der Waals surface area contributed by atoms with Gasteiger partial charge in [-0.2, -0.15) is 4.62 Å². The zero-order valence-corrected chi connectivity index (χ0v) is 13.5. The number of hydroxylamine groups is 1. The molecule has 0 aliphatic rings. The van der Waals surface area contributed by atoms with E-state index in [1.165, 1.54) is 12.1 Å². The lowest BCUT2D eigenvalue weighted by Crippen LogP contribution is -2.13. The van der Waals surface area contributed by atoms with Gasteiger partial charge in [-0.05, 0) is 6.92 Å². The van der Waals surface area contributed by atoms with Crippen molar-refractivity contribution in [2.75, 3.05) is 6.61 Å². The third-order valence-corrected chi connectivity index (χ3v) is 4.97. The molecule has 0 radical (unpaired) electrons. The fourth-order valence-corrected chi connectivity index (χ4v) is 3.30. The topological polar surface area (TPSA) is 56.8 Å². The summed E-state index contributed by atoms with van der Waals surface area (Å²) in [6.45, 7) is -1.23. The highest BCUT2D eigenvalue weighted by atomic mass is 35.5. The van der Waals surface area contributed by atoms with Crippen molar-refractivity contribution in [2.45, 2.75) is 6.92 Å². The van der Waals surface area contributed by atoms with Crippen molar-refractivity contribution in [1.82, 2.24) is 5.48 Å². The minimum Gasteiger partial charge on any atom is -0.423 e. The average molecular weight is 365 g/mol. The Morgan fingerprint density at radius 3 is 2.42 bits per heavy atom. The van der Waals surface area contributed by atoms with Gasteiger partial charge in [0.25, 0.3) is 0 Å².